The van der Waals surface area contributed by atoms with Crippen molar-refractivity contribution in [2.45, 2.75) is 32.9 Å². The van der Waals surface area contributed by atoms with Crippen LogP contribution in [0.25, 0.3) is 0 Å². The van der Waals surface area contributed by atoms with E-state index in [1.165, 1.54) is 18.2 Å². The number of esters is 1. The van der Waals surface area contributed by atoms with E-state index in [0.29, 0.717) is 13.1 Å². The maximum atomic E-state index is 12.0. The number of likely N-dealkylation sites (tertiary alicyclic amines) is 2. The van der Waals surface area contributed by atoms with E-state index in [1.807, 2.05) is 0 Å². The molecular formula is C23H35N5O3. The summed E-state index contributed by atoms with van der Waals surface area (Å²) in [5.74, 6) is 0.500. The molecule has 3 atom stereocenters. The number of piperidine rings is 1. The van der Waals surface area contributed by atoms with Crippen LogP contribution in [-0.2, 0) is 27.4 Å². The fourth-order valence-corrected chi connectivity index (χ4v) is 4.64. The van der Waals surface area contributed by atoms with Crippen molar-refractivity contribution in [1.29, 1.82) is 0 Å². The number of carbonyl (C=O) groups excluding carboxylic acids is 2. The van der Waals surface area contributed by atoms with Crippen LogP contribution in [0.5, 0.6) is 0 Å². The highest BCUT2D eigenvalue weighted by molar-refractivity contribution is 5.82. The molecule has 3 N–H and O–H groups in total. The average Bonchev–Trinajstić information content (AvgIpc) is 3.15. The zero-order valence-electron chi connectivity index (χ0n) is 18.8. The van der Waals surface area contributed by atoms with E-state index in [9.17, 15) is 9.59 Å². The number of carbonyl (C=O) groups is 2. The molecule has 3 unspecified atom stereocenters. The van der Waals surface area contributed by atoms with Crippen LogP contribution in [0.4, 0.5) is 0 Å². The molecule has 8 heteroatoms. The Hall–Kier alpha value is -2.61. The third kappa shape index (κ3) is 5.97. The van der Waals surface area contributed by atoms with Gasteiger partial charge >= 0.3 is 5.97 Å². The Bertz CT molecular complexity index is 812. The second-order valence-electron chi connectivity index (χ2n) is 8.71. The topological polar surface area (TPSA) is 100 Å². The van der Waals surface area contributed by atoms with Crippen molar-refractivity contribution >= 4 is 17.8 Å². The second-order valence-corrected chi connectivity index (χ2v) is 8.71. The van der Waals surface area contributed by atoms with Gasteiger partial charge in [0.1, 0.15) is 0 Å². The van der Waals surface area contributed by atoms with Gasteiger partial charge in [0, 0.05) is 39.8 Å². The van der Waals surface area contributed by atoms with E-state index in [4.69, 9.17) is 10.5 Å². The molecule has 1 amide bonds. The van der Waals surface area contributed by atoms with E-state index >= 15 is 0 Å². The van der Waals surface area contributed by atoms with Gasteiger partial charge in [0.2, 0.25) is 5.91 Å². The number of benzene rings is 1. The fraction of sp³-hybridized carbons (Fsp3) is 0.609. The summed E-state index contributed by atoms with van der Waals surface area (Å²) in [6.45, 7) is 6.65. The molecule has 2 fully saturated rings. The van der Waals surface area contributed by atoms with Crippen molar-refractivity contribution in [2.75, 3.05) is 40.3 Å². The van der Waals surface area contributed by atoms with Gasteiger partial charge in [0.15, 0.2) is 5.96 Å². The third-order valence-corrected chi connectivity index (χ3v) is 6.38. The third-order valence-electron chi connectivity index (χ3n) is 6.38. The first-order chi connectivity index (χ1) is 14.9. The summed E-state index contributed by atoms with van der Waals surface area (Å²) in [5.41, 5.74) is 7.89. The maximum Gasteiger partial charge on any atom is 0.310 e. The number of nitrogens with two attached hydrogens (primary N) is 1. The van der Waals surface area contributed by atoms with Crippen LogP contribution >= 0.6 is 0 Å². The minimum absolute atomic E-state index is 0.0430. The molecule has 0 saturated carbocycles. The summed E-state index contributed by atoms with van der Waals surface area (Å²) >= 11 is 0. The lowest BCUT2D eigenvalue weighted by Gasteiger charge is -2.31. The maximum absolute atomic E-state index is 12.0. The monoisotopic (exact) mass is 429 g/mol. The molecule has 2 heterocycles. The van der Waals surface area contributed by atoms with Crippen LogP contribution in [0.3, 0.4) is 0 Å². The Morgan fingerprint density at radius 2 is 2.03 bits per heavy atom. The van der Waals surface area contributed by atoms with Gasteiger partial charge in [-0.25, -0.2) is 0 Å². The van der Waals surface area contributed by atoms with E-state index in [1.54, 1.807) is 7.05 Å². The van der Waals surface area contributed by atoms with Crippen LogP contribution in [0.2, 0.25) is 0 Å². The highest BCUT2D eigenvalue weighted by Gasteiger charge is 2.36. The van der Waals surface area contributed by atoms with Gasteiger partial charge in [-0.3, -0.25) is 19.5 Å². The Morgan fingerprint density at radius 1 is 1.26 bits per heavy atom. The molecule has 0 bridgehead atoms. The van der Waals surface area contributed by atoms with Gasteiger partial charge in [0.25, 0.3) is 0 Å². The van der Waals surface area contributed by atoms with Crippen LogP contribution in [0, 0.1) is 17.8 Å². The van der Waals surface area contributed by atoms with Gasteiger partial charge in [-0.15, -0.1) is 0 Å². The molecule has 0 spiro atoms. The summed E-state index contributed by atoms with van der Waals surface area (Å²) in [6.07, 6.45) is 1.90. The van der Waals surface area contributed by atoms with Gasteiger partial charge in [-0.2, -0.15) is 0 Å². The van der Waals surface area contributed by atoms with Crippen molar-refractivity contribution in [1.82, 2.24) is 15.1 Å². The normalized spacial score (nSPS) is 24.8. The minimum atomic E-state index is -0.195. The Labute approximate surface area is 184 Å². The van der Waals surface area contributed by atoms with Crippen molar-refractivity contribution in [3.8, 4) is 0 Å². The molecule has 8 nitrogen and oxygen atoms in total. The van der Waals surface area contributed by atoms with Crippen molar-refractivity contribution in [2.24, 2.45) is 28.5 Å². The molecule has 1 aromatic rings. The van der Waals surface area contributed by atoms with Crippen LogP contribution in [0.15, 0.2) is 29.3 Å². The number of amides is 1. The quantitative estimate of drug-likeness (QED) is 0.400. The predicted octanol–water partition coefficient (Wildman–Crippen LogP) is 1.20. The van der Waals surface area contributed by atoms with Crippen LogP contribution in [0.1, 0.15) is 30.9 Å². The number of ether oxygens (including phenoxy) is 1. The van der Waals surface area contributed by atoms with E-state index in [-0.39, 0.29) is 29.6 Å². The number of rotatable bonds is 6. The first kappa shape index (κ1) is 23.1. The van der Waals surface area contributed by atoms with E-state index in [2.05, 4.69) is 51.3 Å². The summed E-state index contributed by atoms with van der Waals surface area (Å²) in [4.78, 5) is 32.3. The Morgan fingerprint density at radius 3 is 2.74 bits per heavy atom. The van der Waals surface area contributed by atoms with Crippen molar-refractivity contribution < 1.29 is 14.3 Å². The second kappa shape index (κ2) is 10.6. The standard InChI is InChI=1S/C23H35N5O3/c1-16-12-28(15-20(16)22(30)31-3)23(25-2)26-11-17-6-4-7-18(10-17)13-27-9-5-8-19(14-27)21(24)29/h4,6-7,10,16,19-20H,5,8-9,11-15H2,1-3H3,(H2,24,29)(H,25,26). The van der Waals surface area contributed by atoms with Crippen molar-refractivity contribution in [3.63, 3.8) is 0 Å². The molecule has 1 aromatic carbocycles. The van der Waals surface area contributed by atoms with E-state index < -0.39 is 0 Å². The fourth-order valence-electron chi connectivity index (χ4n) is 4.64. The molecule has 3 rings (SSSR count). The molecule has 2 saturated heterocycles. The number of nitrogens with one attached hydrogen (secondary N) is 1. The summed E-state index contributed by atoms with van der Waals surface area (Å²) < 4.78 is 4.94. The SMILES string of the molecule is CN=C(NCc1cccc(CN2CCCC(C(N)=O)C2)c1)N1CC(C)C(C(=O)OC)C1. The average molecular weight is 430 g/mol. The van der Waals surface area contributed by atoms with Gasteiger partial charge in [-0.1, -0.05) is 31.2 Å². The number of hydrogen-bond donors (Lipinski definition) is 2. The molecule has 31 heavy (non-hydrogen) atoms. The van der Waals surface area contributed by atoms with Crippen LogP contribution in [-0.4, -0.2) is 68.0 Å². The lowest BCUT2D eigenvalue weighted by Crippen LogP contribution is -2.40. The highest BCUT2D eigenvalue weighted by Crippen LogP contribution is 2.24. The van der Waals surface area contributed by atoms with Gasteiger partial charge in [-0.05, 0) is 36.4 Å². The zero-order valence-corrected chi connectivity index (χ0v) is 18.8. The number of primary amides is 1. The first-order valence-corrected chi connectivity index (χ1v) is 11.0. The lowest BCUT2D eigenvalue weighted by atomic mass is 9.97. The number of guanidine groups is 1. The molecule has 2 aliphatic heterocycles. The summed E-state index contributed by atoms with van der Waals surface area (Å²) in [7, 11) is 3.20. The number of hydrogen-bond acceptors (Lipinski definition) is 5. The smallest absolute Gasteiger partial charge is 0.310 e. The number of aliphatic imine (C=N–C) groups is 1. The Kier molecular flexibility index (Phi) is 7.90. The number of nitrogens with zero attached hydrogens (tertiary/aromatic N) is 3. The Balaban J connectivity index is 1.56. The highest BCUT2D eigenvalue weighted by atomic mass is 16.5. The van der Waals surface area contributed by atoms with Gasteiger partial charge in [0.05, 0.1) is 18.9 Å². The summed E-state index contributed by atoms with van der Waals surface area (Å²) in [6, 6.07) is 8.47. The van der Waals surface area contributed by atoms with Gasteiger partial charge < -0.3 is 20.7 Å². The molecular weight excluding hydrogens is 394 g/mol. The number of methoxy groups -OCH3 is 1. The molecule has 0 radical (unpaired) electrons. The molecule has 170 valence electrons. The molecule has 2 aliphatic rings. The largest absolute Gasteiger partial charge is 0.469 e. The lowest BCUT2D eigenvalue weighted by molar-refractivity contribution is -0.146. The zero-order chi connectivity index (χ0) is 22.4. The minimum Gasteiger partial charge on any atom is -0.469 e. The van der Waals surface area contributed by atoms with Crippen molar-refractivity contribution in [3.05, 3.63) is 35.4 Å². The summed E-state index contributed by atoms with van der Waals surface area (Å²) in [5, 5.41) is 3.43. The molecule has 0 aliphatic carbocycles. The van der Waals surface area contributed by atoms with Crippen LogP contribution < -0.4 is 11.1 Å². The predicted molar refractivity (Wildman–Crippen MR) is 120 cm³/mol. The molecule has 0 aromatic heterocycles. The first-order valence-electron chi connectivity index (χ1n) is 11.0. The van der Waals surface area contributed by atoms with E-state index in [0.717, 1.165) is 45.0 Å².